The Hall–Kier alpha value is -1.44. The van der Waals surface area contributed by atoms with Crippen molar-refractivity contribution in [3.05, 3.63) is 58.3 Å². The van der Waals surface area contributed by atoms with Crippen molar-refractivity contribution >= 4 is 26.0 Å². The predicted octanol–water partition coefficient (Wildman–Crippen LogP) is 3.42. The van der Waals surface area contributed by atoms with Crippen LogP contribution in [0.25, 0.3) is 0 Å². The van der Waals surface area contributed by atoms with Crippen LogP contribution in [0.15, 0.2) is 51.8 Å². The van der Waals surface area contributed by atoms with Gasteiger partial charge in [-0.05, 0) is 30.3 Å². The topological polar surface area (TPSA) is 46.6 Å². The van der Waals surface area contributed by atoms with Crippen molar-refractivity contribution in [2.75, 3.05) is 14.2 Å². The largest absolute Gasteiger partial charge is 0.496 e. The van der Waals surface area contributed by atoms with Crippen LogP contribution in [0.2, 0.25) is 0 Å². The zero-order chi connectivity index (χ0) is 16.3. The summed E-state index contributed by atoms with van der Waals surface area (Å²) in [7, 11) is -1.00. The van der Waals surface area contributed by atoms with Crippen molar-refractivity contribution in [1.29, 1.82) is 0 Å². The monoisotopic (exact) mass is 387 g/mol. The summed E-state index contributed by atoms with van der Waals surface area (Å²) in [5, 5.41) is 0. The van der Waals surface area contributed by atoms with Gasteiger partial charge in [0.1, 0.15) is 16.5 Å². The average molecular weight is 388 g/mol. The van der Waals surface area contributed by atoms with Crippen LogP contribution < -0.4 is 4.74 Å². The molecule has 2 aromatic carbocycles. The van der Waals surface area contributed by atoms with E-state index < -0.39 is 15.8 Å². The zero-order valence-corrected chi connectivity index (χ0v) is 14.5. The molecule has 4 nitrogen and oxygen atoms in total. The molecule has 0 aliphatic heterocycles. The first-order valence-corrected chi connectivity index (χ1v) is 8.63. The van der Waals surface area contributed by atoms with Crippen molar-refractivity contribution in [3.63, 3.8) is 0 Å². The lowest BCUT2D eigenvalue weighted by Gasteiger charge is -2.19. The SMILES string of the molecule is COc1ccc(Br)cc1CN(C)S(=O)(=O)c1ccccc1F. The summed E-state index contributed by atoms with van der Waals surface area (Å²) in [4.78, 5) is -0.341. The lowest BCUT2D eigenvalue weighted by molar-refractivity contribution is 0.397. The molecule has 0 saturated heterocycles. The van der Waals surface area contributed by atoms with Gasteiger partial charge in [0.15, 0.2) is 0 Å². The van der Waals surface area contributed by atoms with Crippen LogP contribution in [0, 0.1) is 5.82 Å². The number of hydrogen-bond donors (Lipinski definition) is 0. The van der Waals surface area contributed by atoms with Crippen LogP contribution in [0.4, 0.5) is 4.39 Å². The molecular formula is C15H15BrFNO3S. The van der Waals surface area contributed by atoms with E-state index in [1.165, 1.54) is 32.4 Å². The molecule has 0 unspecified atom stereocenters. The highest BCUT2D eigenvalue weighted by atomic mass is 79.9. The van der Waals surface area contributed by atoms with E-state index in [1.807, 2.05) is 0 Å². The third-order valence-corrected chi connectivity index (χ3v) is 5.49. The van der Waals surface area contributed by atoms with Crippen molar-refractivity contribution in [2.45, 2.75) is 11.4 Å². The minimum Gasteiger partial charge on any atom is -0.496 e. The standard InChI is InChI=1S/C15H15BrFNO3S/c1-18(10-11-9-12(16)7-8-14(11)21-2)22(19,20)15-6-4-3-5-13(15)17/h3-9H,10H2,1-2H3. The summed E-state index contributed by atoms with van der Waals surface area (Å²) in [5.74, 6) is -0.200. The molecule has 0 amide bonds. The number of hydrogen-bond acceptors (Lipinski definition) is 3. The maximum absolute atomic E-state index is 13.8. The summed E-state index contributed by atoms with van der Waals surface area (Å²) in [5.41, 5.74) is 0.680. The van der Waals surface area contributed by atoms with E-state index in [1.54, 1.807) is 18.2 Å². The highest BCUT2D eigenvalue weighted by molar-refractivity contribution is 9.10. The summed E-state index contributed by atoms with van der Waals surface area (Å²) >= 11 is 3.34. The molecule has 0 aliphatic carbocycles. The molecule has 0 aromatic heterocycles. The molecule has 0 spiro atoms. The number of halogens is 2. The Morgan fingerprint density at radius 3 is 2.55 bits per heavy atom. The minimum atomic E-state index is -3.92. The number of ether oxygens (including phenoxy) is 1. The highest BCUT2D eigenvalue weighted by Crippen LogP contribution is 2.26. The van der Waals surface area contributed by atoms with Crippen LogP contribution in [-0.2, 0) is 16.6 Å². The molecule has 0 atom stereocenters. The first-order chi connectivity index (χ1) is 10.4. The normalized spacial score (nSPS) is 11.7. The van der Waals surface area contributed by atoms with E-state index in [9.17, 15) is 12.8 Å². The number of nitrogens with zero attached hydrogens (tertiary/aromatic N) is 1. The maximum Gasteiger partial charge on any atom is 0.246 e. The third-order valence-electron chi connectivity index (χ3n) is 3.16. The molecule has 0 saturated carbocycles. The van der Waals surface area contributed by atoms with Gasteiger partial charge in [0.05, 0.1) is 7.11 Å². The molecule has 0 N–H and O–H groups in total. The van der Waals surface area contributed by atoms with Gasteiger partial charge < -0.3 is 4.74 Å². The second-order valence-electron chi connectivity index (χ2n) is 4.65. The number of benzene rings is 2. The van der Waals surface area contributed by atoms with E-state index in [-0.39, 0.29) is 11.4 Å². The number of rotatable bonds is 5. The summed E-state index contributed by atoms with van der Waals surface area (Å²) in [6.07, 6.45) is 0. The van der Waals surface area contributed by atoms with E-state index in [4.69, 9.17) is 4.74 Å². The van der Waals surface area contributed by atoms with Crippen molar-refractivity contribution in [1.82, 2.24) is 4.31 Å². The van der Waals surface area contributed by atoms with Gasteiger partial charge in [-0.3, -0.25) is 0 Å². The maximum atomic E-state index is 13.8. The average Bonchev–Trinajstić information content (AvgIpc) is 2.47. The Morgan fingerprint density at radius 1 is 1.23 bits per heavy atom. The van der Waals surface area contributed by atoms with Crippen molar-refractivity contribution < 1.29 is 17.5 Å². The predicted molar refractivity (Wildman–Crippen MR) is 85.7 cm³/mol. The molecule has 0 aliphatic rings. The van der Waals surface area contributed by atoms with Gasteiger partial charge in [0, 0.05) is 23.6 Å². The molecule has 0 bridgehead atoms. The Balaban J connectivity index is 2.35. The molecule has 118 valence electrons. The van der Waals surface area contributed by atoms with Crippen LogP contribution in [-0.4, -0.2) is 26.9 Å². The number of sulfonamides is 1. The lowest BCUT2D eigenvalue weighted by Crippen LogP contribution is -2.27. The second kappa shape index (κ2) is 6.76. The Bertz CT molecular complexity index is 780. The van der Waals surface area contributed by atoms with E-state index >= 15 is 0 Å². The quantitative estimate of drug-likeness (QED) is 0.789. The molecular weight excluding hydrogens is 373 g/mol. The Morgan fingerprint density at radius 2 is 1.91 bits per heavy atom. The Kier molecular flexibility index (Phi) is 5.20. The van der Waals surface area contributed by atoms with Crippen LogP contribution in [0.1, 0.15) is 5.56 Å². The first kappa shape index (κ1) is 16.9. The fraction of sp³-hybridized carbons (Fsp3) is 0.200. The van der Waals surface area contributed by atoms with Gasteiger partial charge in [-0.15, -0.1) is 0 Å². The second-order valence-corrected chi connectivity index (χ2v) is 7.58. The third kappa shape index (κ3) is 3.48. The van der Waals surface area contributed by atoms with Crippen LogP contribution in [0.3, 0.4) is 0 Å². The molecule has 2 rings (SSSR count). The molecule has 0 fully saturated rings. The summed E-state index contributed by atoms with van der Waals surface area (Å²) < 4.78 is 45.8. The van der Waals surface area contributed by atoms with Crippen LogP contribution >= 0.6 is 15.9 Å². The van der Waals surface area contributed by atoms with Crippen LogP contribution in [0.5, 0.6) is 5.75 Å². The molecule has 22 heavy (non-hydrogen) atoms. The van der Waals surface area contributed by atoms with E-state index in [0.717, 1.165) is 14.8 Å². The zero-order valence-electron chi connectivity index (χ0n) is 12.1. The van der Waals surface area contributed by atoms with Gasteiger partial charge in [-0.1, -0.05) is 28.1 Å². The highest BCUT2D eigenvalue weighted by Gasteiger charge is 2.25. The van der Waals surface area contributed by atoms with Gasteiger partial charge >= 0.3 is 0 Å². The lowest BCUT2D eigenvalue weighted by atomic mass is 10.2. The van der Waals surface area contributed by atoms with Crippen molar-refractivity contribution in [2.24, 2.45) is 0 Å². The van der Waals surface area contributed by atoms with Gasteiger partial charge in [0.2, 0.25) is 10.0 Å². The molecule has 2 aromatic rings. The molecule has 7 heteroatoms. The first-order valence-electron chi connectivity index (χ1n) is 6.39. The Labute approximate surface area is 137 Å². The minimum absolute atomic E-state index is 0.0687. The van der Waals surface area contributed by atoms with Crippen molar-refractivity contribution in [3.8, 4) is 5.75 Å². The fourth-order valence-corrected chi connectivity index (χ4v) is 3.64. The smallest absolute Gasteiger partial charge is 0.246 e. The van der Waals surface area contributed by atoms with Gasteiger partial charge in [-0.25, -0.2) is 12.8 Å². The summed E-state index contributed by atoms with van der Waals surface area (Å²) in [6, 6.07) is 10.6. The number of methoxy groups -OCH3 is 1. The van der Waals surface area contributed by atoms with E-state index in [0.29, 0.717) is 11.3 Å². The molecule has 0 radical (unpaired) electrons. The fourth-order valence-electron chi connectivity index (χ4n) is 2.02. The van der Waals surface area contributed by atoms with Gasteiger partial charge in [0.25, 0.3) is 0 Å². The van der Waals surface area contributed by atoms with Gasteiger partial charge in [-0.2, -0.15) is 4.31 Å². The molecule has 0 heterocycles. The summed E-state index contributed by atoms with van der Waals surface area (Å²) in [6.45, 7) is 0.0687. The van der Waals surface area contributed by atoms with E-state index in [2.05, 4.69) is 15.9 Å².